The Hall–Kier alpha value is -2.32. The lowest BCUT2D eigenvalue weighted by molar-refractivity contribution is -0.135. The van der Waals surface area contributed by atoms with Crippen molar-refractivity contribution >= 4 is 23.9 Å². The van der Waals surface area contributed by atoms with E-state index in [2.05, 4.69) is 0 Å². The molecule has 0 amide bonds. The molecule has 0 aliphatic heterocycles. The van der Waals surface area contributed by atoms with Gasteiger partial charge in [0.1, 0.15) is 0 Å². The van der Waals surface area contributed by atoms with Gasteiger partial charge in [-0.2, -0.15) is 0 Å². The molecule has 0 saturated heterocycles. The second-order valence-corrected chi connectivity index (χ2v) is 2.65. The van der Waals surface area contributed by atoms with Gasteiger partial charge in [0.15, 0.2) is 0 Å². The fourth-order valence-corrected chi connectivity index (χ4v) is 0. The van der Waals surface area contributed by atoms with Gasteiger partial charge in [0.2, 0.25) is 0 Å². The smallest absolute Gasteiger partial charge is 0.300 e. The van der Waals surface area contributed by atoms with E-state index in [-0.39, 0.29) is 17.1 Å². The number of nitrogens with two attached hydrogens (primary N) is 2. The molecule has 0 unspecified atom stereocenters. The molecule has 13 heteroatoms. The van der Waals surface area contributed by atoms with Gasteiger partial charge < -0.3 is 49.0 Å². The summed E-state index contributed by atoms with van der Waals surface area (Å²) in [6.07, 6.45) is 0. The fourth-order valence-electron chi connectivity index (χ4n) is 0. The van der Waals surface area contributed by atoms with Gasteiger partial charge in [-0.05, 0) is 0 Å². The van der Waals surface area contributed by atoms with E-state index in [9.17, 15) is 0 Å². The van der Waals surface area contributed by atoms with Crippen LogP contribution in [0, 0.1) is 0 Å². The lowest BCUT2D eigenvalue weighted by Gasteiger charge is -1.72. The van der Waals surface area contributed by atoms with Crippen molar-refractivity contribution in [1.29, 1.82) is 0 Å². The zero-order valence-electron chi connectivity index (χ0n) is 13.7. The Kier molecular flexibility index (Phi) is 109. The average molecular weight is 353 g/mol. The van der Waals surface area contributed by atoms with E-state index < -0.39 is 23.9 Å². The highest BCUT2D eigenvalue weighted by atomic mass is 16.4. The maximum absolute atomic E-state index is 9.00. The van der Waals surface area contributed by atoms with Gasteiger partial charge in [-0.3, -0.25) is 19.2 Å². The molecule has 23 heavy (non-hydrogen) atoms. The summed E-state index contributed by atoms with van der Waals surface area (Å²) >= 11 is 0. The van der Waals surface area contributed by atoms with E-state index in [1.165, 1.54) is 0 Å². The predicted molar refractivity (Wildman–Crippen MR) is 83.6 cm³/mol. The summed E-state index contributed by atoms with van der Waals surface area (Å²) in [5.74, 6) is -3.33. The molecular weight excluding hydrogens is 322 g/mol. The summed E-state index contributed by atoms with van der Waals surface area (Å²) in [5, 5.41) is 29.7. The van der Waals surface area contributed by atoms with Crippen molar-refractivity contribution in [3.63, 3.8) is 0 Å². The largest absolute Gasteiger partial charge is 0.481 e. The van der Waals surface area contributed by atoms with Gasteiger partial charge in [0.05, 0.1) is 0 Å². The van der Waals surface area contributed by atoms with Crippen molar-refractivity contribution in [1.82, 2.24) is 6.15 Å². The van der Waals surface area contributed by atoms with Crippen LogP contribution in [0.25, 0.3) is 0 Å². The average Bonchev–Trinajstić information content (AvgIpc) is 2.13. The van der Waals surface area contributed by atoms with Gasteiger partial charge >= 0.3 is 0 Å². The van der Waals surface area contributed by atoms with Crippen LogP contribution in [0.4, 0.5) is 0 Å². The summed E-state index contributed by atoms with van der Waals surface area (Å²) in [6.45, 7) is 5.53. The number of carboxylic acids is 4. The van der Waals surface area contributed by atoms with Crippen LogP contribution in [0.3, 0.4) is 0 Å². The van der Waals surface area contributed by atoms with Crippen LogP contribution in [-0.2, 0) is 19.2 Å². The maximum Gasteiger partial charge on any atom is 0.300 e. The standard InChI is InChI=1S/C2H8N2.4C2H4O2.H3N.2H2O/c3-1-2-4;4*1-2(3)4;;;/h1-4H2;4*1H3,(H,3,4);1H3;2*1H2. The summed E-state index contributed by atoms with van der Waals surface area (Å²) < 4.78 is 0. The van der Waals surface area contributed by atoms with E-state index in [1.54, 1.807) is 0 Å². The molecule has 0 heterocycles. The highest BCUT2D eigenvalue weighted by Gasteiger charge is 1.66. The lowest BCUT2D eigenvalue weighted by Crippen LogP contribution is -2.11. The molecule has 0 bridgehead atoms. The molecule has 0 radical (unpaired) electrons. The van der Waals surface area contributed by atoms with E-state index in [4.69, 9.17) is 51.1 Å². The minimum absolute atomic E-state index is 0. The second-order valence-electron chi connectivity index (χ2n) is 2.65. The lowest BCUT2D eigenvalue weighted by atomic mass is 10.7. The maximum atomic E-state index is 9.00. The quantitative estimate of drug-likeness (QED) is 0.264. The first-order valence-corrected chi connectivity index (χ1v) is 5.03. The van der Waals surface area contributed by atoms with Gasteiger partial charge in [-0.15, -0.1) is 0 Å². The van der Waals surface area contributed by atoms with Gasteiger partial charge in [-0.1, -0.05) is 0 Å². The van der Waals surface area contributed by atoms with E-state index in [0.717, 1.165) is 27.7 Å². The molecule has 13 nitrogen and oxygen atoms in total. The number of rotatable bonds is 1. The van der Waals surface area contributed by atoms with Crippen LogP contribution in [-0.4, -0.2) is 68.3 Å². The van der Waals surface area contributed by atoms with Gasteiger partial charge in [0, 0.05) is 40.8 Å². The molecule has 0 aromatic carbocycles. The highest BCUT2D eigenvalue weighted by Crippen LogP contribution is 1.43. The number of hydrogen-bond donors (Lipinski definition) is 7. The summed E-state index contributed by atoms with van der Waals surface area (Å²) in [7, 11) is 0. The zero-order valence-corrected chi connectivity index (χ0v) is 13.7. The van der Waals surface area contributed by atoms with E-state index in [1.807, 2.05) is 0 Å². The molecule has 0 aliphatic rings. The van der Waals surface area contributed by atoms with Crippen LogP contribution in [0.2, 0.25) is 0 Å². The summed E-state index contributed by atoms with van der Waals surface area (Å²) in [6, 6.07) is 0. The molecule has 0 aromatic rings. The molecule has 0 atom stereocenters. The SMILES string of the molecule is CC(=O)O.CC(=O)O.CC(=O)O.CC(=O)O.N.NCCN.O.O. The molecule has 0 spiro atoms. The minimum Gasteiger partial charge on any atom is -0.481 e. The second kappa shape index (κ2) is 50.3. The predicted octanol–water partition coefficient (Wildman–Crippen LogP) is -2.22. The third-order valence-corrected chi connectivity index (χ3v) is 0.167. The van der Waals surface area contributed by atoms with Crippen LogP contribution in [0.5, 0.6) is 0 Å². The number of aliphatic carboxylic acids is 4. The van der Waals surface area contributed by atoms with Crippen molar-refractivity contribution in [2.24, 2.45) is 11.5 Å². The number of carbonyl (C=O) groups is 4. The van der Waals surface area contributed by atoms with Crippen LogP contribution in [0.15, 0.2) is 0 Å². The fraction of sp³-hybridized carbons (Fsp3) is 0.600. The van der Waals surface area contributed by atoms with Crippen molar-refractivity contribution in [3.05, 3.63) is 0 Å². The minimum atomic E-state index is -0.833. The highest BCUT2D eigenvalue weighted by molar-refractivity contribution is 5.63. The number of hydrogen-bond acceptors (Lipinski definition) is 7. The topological polar surface area (TPSA) is 299 Å². The van der Waals surface area contributed by atoms with Crippen LogP contribution < -0.4 is 17.6 Å². The van der Waals surface area contributed by atoms with Gasteiger partial charge in [0.25, 0.3) is 23.9 Å². The third-order valence-electron chi connectivity index (χ3n) is 0.167. The Labute approximate surface area is 134 Å². The molecule has 0 rings (SSSR count). The van der Waals surface area contributed by atoms with Crippen LogP contribution in [0.1, 0.15) is 27.7 Å². The first-order chi connectivity index (χ1) is 8.84. The normalized spacial score (nSPS) is 5.65. The van der Waals surface area contributed by atoms with E-state index >= 15 is 0 Å². The zero-order chi connectivity index (χ0) is 17.7. The molecule has 146 valence electrons. The van der Waals surface area contributed by atoms with Crippen molar-refractivity contribution in [2.75, 3.05) is 13.1 Å². The molecule has 15 N–H and O–H groups in total. The molecule has 0 aliphatic carbocycles. The van der Waals surface area contributed by atoms with Gasteiger partial charge in [-0.25, -0.2) is 0 Å². The first kappa shape index (κ1) is 49.8. The monoisotopic (exact) mass is 353 g/mol. The van der Waals surface area contributed by atoms with Crippen molar-refractivity contribution in [2.45, 2.75) is 27.7 Å². The summed E-state index contributed by atoms with van der Waals surface area (Å²) in [5.41, 5.74) is 9.81. The number of carboxylic acid groups (broad SMARTS) is 4. The Morgan fingerprint density at radius 1 is 0.609 bits per heavy atom. The Morgan fingerprint density at radius 2 is 0.652 bits per heavy atom. The summed E-state index contributed by atoms with van der Waals surface area (Å²) in [4.78, 5) is 36.0. The molecule has 0 aromatic heterocycles. The molecular formula is C10H31N3O10. The molecule has 0 fully saturated rings. The first-order valence-electron chi connectivity index (χ1n) is 5.03. The van der Waals surface area contributed by atoms with E-state index in [0.29, 0.717) is 13.1 Å². The Balaban J connectivity index is -0.0000000197. The Morgan fingerprint density at radius 3 is 0.652 bits per heavy atom. The van der Waals surface area contributed by atoms with Crippen LogP contribution >= 0.6 is 0 Å². The molecule has 0 saturated carbocycles. The van der Waals surface area contributed by atoms with Crippen molar-refractivity contribution in [3.8, 4) is 0 Å². The third kappa shape index (κ3) is 3530. The Bertz CT molecular complexity index is 195. The van der Waals surface area contributed by atoms with Crippen molar-refractivity contribution < 1.29 is 50.6 Å².